The molecule has 0 unspecified atom stereocenters. The molecule has 2 N–H and O–H groups in total. The number of hydrogen-bond acceptors (Lipinski definition) is 3. The molecule has 1 amide bonds. The van der Waals surface area contributed by atoms with Crippen molar-refractivity contribution in [2.45, 2.75) is 12.3 Å². The molecule has 1 atom stereocenters. The first kappa shape index (κ1) is 16.7. The minimum Gasteiger partial charge on any atom is -0.508 e. The zero-order valence-corrected chi connectivity index (χ0v) is 14.8. The van der Waals surface area contributed by atoms with Crippen LogP contribution >= 0.6 is 11.6 Å². The Morgan fingerprint density at radius 1 is 1.19 bits per heavy atom. The Balaban J connectivity index is 1.49. The molecule has 1 aliphatic heterocycles. The van der Waals surface area contributed by atoms with Gasteiger partial charge in [0.05, 0.1) is 5.69 Å². The zero-order chi connectivity index (χ0) is 18.1. The lowest BCUT2D eigenvalue weighted by Crippen LogP contribution is -2.28. The van der Waals surface area contributed by atoms with Crippen LogP contribution in [-0.2, 0) is 0 Å². The number of halogens is 1. The molecule has 1 fully saturated rings. The molecule has 0 saturated carbocycles. The number of aromatic hydroxyl groups is 1. The molecule has 1 aromatic heterocycles. The van der Waals surface area contributed by atoms with Gasteiger partial charge in [-0.15, -0.1) is 0 Å². The number of rotatable bonds is 3. The second-order valence-electron chi connectivity index (χ2n) is 6.47. The normalized spacial score (nSPS) is 16.8. The third-order valence-electron chi connectivity index (χ3n) is 4.79. The summed E-state index contributed by atoms with van der Waals surface area (Å²) in [6, 6.07) is 16.3. The number of carbonyl (C=O) groups is 1. The SMILES string of the molecule is O=C(c1cc(-c2ccc(O)cc2)n[nH]1)N1CC[C@H](c2ccccc2Cl)C1. The van der Waals surface area contributed by atoms with Crippen molar-refractivity contribution in [1.82, 2.24) is 15.1 Å². The van der Waals surface area contributed by atoms with Gasteiger partial charge in [-0.3, -0.25) is 9.89 Å². The van der Waals surface area contributed by atoms with E-state index in [1.54, 1.807) is 30.3 Å². The number of aromatic nitrogens is 2. The summed E-state index contributed by atoms with van der Waals surface area (Å²) in [5, 5.41) is 17.2. The van der Waals surface area contributed by atoms with Crippen LogP contribution in [-0.4, -0.2) is 39.2 Å². The fraction of sp³-hybridized carbons (Fsp3) is 0.200. The maximum Gasteiger partial charge on any atom is 0.271 e. The van der Waals surface area contributed by atoms with Crippen molar-refractivity contribution < 1.29 is 9.90 Å². The summed E-state index contributed by atoms with van der Waals surface area (Å²) in [5.74, 6) is 0.396. The van der Waals surface area contributed by atoms with Gasteiger partial charge >= 0.3 is 0 Å². The van der Waals surface area contributed by atoms with Gasteiger partial charge in [0.25, 0.3) is 5.91 Å². The zero-order valence-electron chi connectivity index (χ0n) is 14.0. The van der Waals surface area contributed by atoms with E-state index in [-0.39, 0.29) is 17.6 Å². The lowest BCUT2D eigenvalue weighted by atomic mass is 9.98. The molecular formula is C20H18ClN3O2. The van der Waals surface area contributed by atoms with Gasteiger partial charge in [0.2, 0.25) is 0 Å². The van der Waals surface area contributed by atoms with Gasteiger partial charge in [0.15, 0.2) is 0 Å². The highest BCUT2D eigenvalue weighted by molar-refractivity contribution is 6.31. The second kappa shape index (κ2) is 6.84. The average Bonchev–Trinajstić information content (AvgIpc) is 3.32. The molecule has 3 aromatic rings. The molecule has 0 bridgehead atoms. The van der Waals surface area contributed by atoms with Crippen LogP contribution in [0.3, 0.4) is 0 Å². The second-order valence-corrected chi connectivity index (χ2v) is 6.88. The van der Waals surface area contributed by atoms with Gasteiger partial charge < -0.3 is 10.0 Å². The number of likely N-dealkylation sites (tertiary alicyclic amines) is 1. The molecule has 1 saturated heterocycles. The fourth-order valence-corrected chi connectivity index (χ4v) is 3.68. The first-order valence-corrected chi connectivity index (χ1v) is 8.88. The van der Waals surface area contributed by atoms with E-state index in [2.05, 4.69) is 10.2 Å². The Morgan fingerprint density at radius 2 is 1.96 bits per heavy atom. The van der Waals surface area contributed by atoms with Gasteiger partial charge in [-0.25, -0.2) is 0 Å². The average molecular weight is 368 g/mol. The van der Waals surface area contributed by atoms with Crippen molar-refractivity contribution in [3.63, 3.8) is 0 Å². The monoisotopic (exact) mass is 367 g/mol. The number of phenolic OH excluding ortho intramolecular Hbond substituents is 1. The quantitative estimate of drug-likeness (QED) is 0.733. The van der Waals surface area contributed by atoms with E-state index in [4.69, 9.17) is 11.6 Å². The van der Waals surface area contributed by atoms with Crippen molar-refractivity contribution in [2.24, 2.45) is 0 Å². The van der Waals surface area contributed by atoms with Crippen LogP contribution in [0.4, 0.5) is 0 Å². The molecule has 6 heteroatoms. The van der Waals surface area contributed by atoms with Gasteiger partial charge in [-0.2, -0.15) is 5.10 Å². The number of nitrogens with one attached hydrogen (secondary N) is 1. The van der Waals surface area contributed by atoms with Crippen LogP contribution in [0.2, 0.25) is 5.02 Å². The lowest BCUT2D eigenvalue weighted by molar-refractivity contribution is 0.0785. The molecule has 26 heavy (non-hydrogen) atoms. The summed E-state index contributed by atoms with van der Waals surface area (Å²) in [6.07, 6.45) is 0.897. The number of H-pyrrole nitrogens is 1. The Morgan fingerprint density at radius 3 is 2.73 bits per heavy atom. The molecule has 2 heterocycles. The Labute approximate surface area is 156 Å². The van der Waals surface area contributed by atoms with E-state index in [1.807, 2.05) is 29.2 Å². The first-order valence-electron chi connectivity index (χ1n) is 8.50. The molecule has 2 aromatic carbocycles. The fourth-order valence-electron chi connectivity index (χ4n) is 3.39. The van der Waals surface area contributed by atoms with E-state index < -0.39 is 0 Å². The summed E-state index contributed by atoms with van der Waals surface area (Å²) in [6.45, 7) is 1.35. The van der Waals surface area contributed by atoms with Gasteiger partial charge in [-0.1, -0.05) is 29.8 Å². The largest absolute Gasteiger partial charge is 0.508 e. The summed E-state index contributed by atoms with van der Waals surface area (Å²) in [4.78, 5) is 14.6. The predicted octanol–water partition coefficient (Wildman–Crippen LogP) is 4.07. The van der Waals surface area contributed by atoms with Crippen molar-refractivity contribution >= 4 is 17.5 Å². The number of aromatic amines is 1. The summed E-state index contributed by atoms with van der Waals surface area (Å²) >= 11 is 6.29. The summed E-state index contributed by atoms with van der Waals surface area (Å²) in [5.41, 5.74) is 3.08. The Kier molecular flexibility index (Phi) is 4.39. The van der Waals surface area contributed by atoms with Crippen molar-refractivity contribution in [3.05, 3.63) is 70.9 Å². The molecule has 1 aliphatic rings. The first-order chi connectivity index (χ1) is 12.6. The van der Waals surface area contributed by atoms with E-state index >= 15 is 0 Å². The molecule has 0 aliphatic carbocycles. The van der Waals surface area contributed by atoms with Gasteiger partial charge in [0, 0.05) is 29.6 Å². The predicted molar refractivity (Wildman–Crippen MR) is 100 cm³/mol. The highest BCUT2D eigenvalue weighted by Crippen LogP contribution is 2.32. The van der Waals surface area contributed by atoms with Crippen LogP contribution in [0.5, 0.6) is 5.75 Å². The molecule has 4 rings (SSSR count). The molecule has 132 valence electrons. The van der Waals surface area contributed by atoms with E-state index in [9.17, 15) is 9.90 Å². The van der Waals surface area contributed by atoms with Crippen molar-refractivity contribution in [1.29, 1.82) is 0 Å². The minimum atomic E-state index is -0.0583. The van der Waals surface area contributed by atoms with Crippen LogP contribution < -0.4 is 0 Å². The molecule has 0 radical (unpaired) electrons. The third kappa shape index (κ3) is 3.18. The van der Waals surface area contributed by atoms with E-state index in [1.165, 1.54) is 0 Å². The molecular weight excluding hydrogens is 350 g/mol. The highest BCUT2D eigenvalue weighted by atomic mass is 35.5. The minimum absolute atomic E-state index is 0.0583. The van der Waals surface area contributed by atoms with E-state index in [0.717, 1.165) is 22.6 Å². The van der Waals surface area contributed by atoms with Gasteiger partial charge in [-0.05, 0) is 48.4 Å². The highest BCUT2D eigenvalue weighted by Gasteiger charge is 2.29. The molecule has 0 spiro atoms. The van der Waals surface area contributed by atoms with Crippen LogP contribution in [0, 0.1) is 0 Å². The van der Waals surface area contributed by atoms with Gasteiger partial charge in [0.1, 0.15) is 11.4 Å². The lowest BCUT2D eigenvalue weighted by Gasteiger charge is -2.16. The Bertz CT molecular complexity index is 936. The Hall–Kier alpha value is -2.79. The number of phenols is 1. The number of amides is 1. The van der Waals surface area contributed by atoms with Crippen molar-refractivity contribution in [2.75, 3.05) is 13.1 Å². The van der Waals surface area contributed by atoms with Crippen LogP contribution in [0.1, 0.15) is 28.4 Å². The van der Waals surface area contributed by atoms with Crippen LogP contribution in [0.25, 0.3) is 11.3 Å². The smallest absolute Gasteiger partial charge is 0.271 e. The maximum absolute atomic E-state index is 12.8. The number of carbonyl (C=O) groups excluding carboxylic acids is 1. The number of hydrogen-bond donors (Lipinski definition) is 2. The number of benzene rings is 2. The maximum atomic E-state index is 12.8. The van der Waals surface area contributed by atoms with E-state index in [0.29, 0.717) is 24.5 Å². The number of nitrogens with zero attached hydrogens (tertiary/aromatic N) is 2. The standard InChI is InChI=1S/C20H18ClN3O2/c21-17-4-2-1-3-16(17)14-9-10-24(12-14)20(26)19-11-18(22-23-19)13-5-7-15(25)8-6-13/h1-8,11,14,25H,9-10,12H2,(H,22,23)/t14-/m0/s1. The topological polar surface area (TPSA) is 69.2 Å². The third-order valence-corrected chi connectivity index (χ3v) is 5.14. The summed E-state index contributed by atoms with van der Waals surface area (Å²) in [7, 11) is 0. The van der Waals surface area contributed by atoms with Crippen LogP contribution in [0.15, 0.2) is 54.6 Å². The molecule has 5 nitrogen and oxygen atoms in total. The summed E-state index contributed by atoms with van der Waals surface area (Å²) < 4.78 is 0. The van der Waals surface area contributed by atoms with Crippen molar-refractivity contribution in [3.8, 4) is 17.0 Å².